The van der Waals surface area contributed by atoms with E-state index in [9.17, 15) is 0 Å². The first-order valence-corrected chi connectivity index (χ1v) is 9.70. The van der Waals surface area contributed by atoms with Gasteiger partial charge in [0.1, 0.15) is 0 Å². The molecule has 2 N–H and O–H groups in total. The molecule has 0 bridgehead atoms. The third-order valence-electron chi connectivity index (χ3n) is 4.54. The molecule has 1 rings (SSSR count). The maximum atomic E-state index is 4.76. The monoisotopic (exact) mass is 336 g/mol. The summed E-state index contributed by atoms with van der Waals surface area (Å²) in [6.07, 6.45) is 6.71. The van der Waals surface area contributed by atoms with Crippen molar-refractivity contribution in [1.29, 1.82) is 0 Å². The van der Waals surface area contributed by atoms with Crippen molar-refractivity contribution >= 4 is 11.4 Å². The van der Waals surface area contributed by atoms with Crippen molar-refractivity contribution in [3.63, 3.8) is 0 Å². The molecule has 1 aliphatic rings. The van der Waals surface area contributed by atoms with Gasteiger partial charge in [-0.3, -0.25) is 9.98 Å². The van der Waals surface area contributed by atoms with E-state index in [0.717, 1.165) is 51.9 Å². The van der Waals surface area contributed by atoms with E-state index < -0.39 is 0 Å². The molecule has 1 aliphatic heterocycles. The van der Waals surface area contributed by atoms with Gasteiger partial charge in [-0.25, -0.2) is 0 Å². The Labute approximate surface area is 150 Å². The molecule has 140 valence electrons. The predicted octanol–water partition coefficient (Wildman–Crippen LogP) is 4.00. The minimum Gasteiger partial charge on any atom is -0.311 e. The first-order chi connectivity index (χ1) is 11.2. The van der Waals surface area contributed by atoms with Crippen molar-refractivity contribution in [3.8, 4) is 0 Å². The molecule has 0 aliphatic carbocycles. The highest BCUT2D eigenvalue weighted by Gasteiger charge is 2.19. The SMILES string of the molecule is CC1=NCCCCNC(C)(C)CC(C)=NCCCCNC(C)(C)C1. The molecule has 0 fully saturated rings. The second-order valence-corrected chi connectivity index (χ2v) is 8.62. The summed E-state index contributed by atoms with van der Waals surface area (Å²) < 4.78 is 0. The molecular weight excluding hydrogens is 296 g/mol. The number of nitrogens with zero attached hydrogens (tertiary/aromatic N) is 2. The van der Waals surface area contributed by atoms with Gasteiger partial charge < -0.3 is 10.6 Å². The quantitative estimate of drug-likeness (QED) is 0.702. The molecule has 0 aromatic rings. The van der Waals surface area contributed by atoms with Crippen LogP contribution in [-0.4, -0.2) is 48.7 Å². The van der Waals surface area contributed by atoms with Crippen LogP contribution in [0.3, 0.4) is 0 Å². The largest absolute Gasteiger partial charge is 0.311 e. The summed E-state index contributed by atoms with van der Waals surface area (Å²) in [5, 5.41) is 7.36. The van der Waals surface area contributed by atoms with E-state index in [2.05, 4.69) is 52.2 Å². The molecule has 4 heteroatoms. The molecule has 0 saturated heterocycles. The third kappa shape index (κ3) is 10.2. The summed E-state index contributed by atoms with van der Waals surface area (Å²) >= 11 is 0. The Morgan fingerprint density at radius 1 is 0.667 bits per heavy atom. The fourth-order valence-electron chi connectivity index (χ4n) is 3.38. The number of aliphatic imine (C=N–C) groups is 2. The Kier molecular flexibility index (Phi) is 9.14. The Balaban J connectivity index is 2.61. The normalized spacial score (nSPS) is 25.1. The van der Waals surface area contributed by atoms with Crippen molar-refractivity contribution in [1.82, 2.24) is 10.6 Å². The third-order valence-corrected chi connectivity index (χ3v) is 4.54. The van der Waals surface area contributed by atoms with Crippen LogP contribution in [0.25, 0.3) is 0 Å². The summed E-state index contributed by atoms with van der Waals surface area (Å²) in [7, 11) is 0. The van der Waals surface area contributed by atoms with Crippen LogP contribution < -0.4 is 10.6 Å². The molecule has 24 heavy (non-hydrogen) atoms. The Hall–Kier alpha value is -0.740. The van der Waals surface area contributed by atoms with Crippen LogP contribution in [0.1, 0.15) is 80.1 Å². The van der Waals surface area contributed by atoms with E-state index in [0.29, 0.717) is 0 Å². The number of rotatable bonds is 0. The average molecular weight is 337 g/mol. The van der Waals surface area contributed by atoms with Crippen molar-refractivity contribution in [2.45, 2.75) is 91.1 Å². The van der Waals surface area contributed by atoms with Crippen molar-refractivity contribution < 1.29 is 0 Å². The van der Waals surface area contributed by atoms with Crippen LogP contribution in [0.15, 0.2) is 9.98 Å². The molecular formula is C20H40N4. The molecule has 0 atom stereocenters. The van der Waals surface area contributed by atoms with Crippen molar-refractivity contribution in [2.24, 2.45) is 9.98 Å². The van der Waals surface area contributed by atoms with Gasteiger partial charge >= 0.3 is 0 Å². The van der Waals surface area contributed by atoms with Crippen molar-refractivity contribution in [3.05, 3.63) is 0 Å². The smallest absolute Gasteiger partial charge is 0.0389 e. The lowest BCUT2D eigenvalue weighted by Gasteiger charge is -2.27. The zero-order valence-corrected chi connectivity index (χ0v) is 17.0. The molecule has 0 radical (unpaired) electrons. The Morgan fingerprint density at radius 3 is 1.42 bits per heavy atom. The van der Waals surface area contributed by atoms with E-state index in [-0.39, 0.29) is 11.1 Å². The van der Waals surface area contributed by atoms with Gasteiger partial charge in [0.2, 0.25) is 0 Å². The second-order valence-electron chi connectivity index (χ2n) is 8.62. The lowest BCUT2D eigenvalue weighted by Crippen LogP contribution is -2.41. The van der Waals surface area contributed by atoms with Crippen LogP contribution >= 0.6 is 0 Å². The van der Waals surface area contributed by atoms with Gasteiger partial charge in [-0.1, -0.05) is 0 Å². The van der Waals surface area contributed by atoms with Crippen molar-refractivity contribution in [2.75, 3.05) is 26.2 Å². The fourth-order valence-corrected chi connectivity index (χ4v) is 3.38. The highest BCUT2D eigenvalue weighted by Crippen LogP contribution is 2.12. The van der Waals surface area contributed by atoms with Gasteiger partial charge in [0.25, 0.3) is 0 Å². The highest BCUT2D eigenvalue weighted by atomic mass is 15.0. The van der Waals surface area contributed by atoms with Crippen LogP contribution in [0, 0.1) is 0 Å². The number of hydrogen-bond acceptors (Lipinski definition) is 4. The minimum absolute atomic E-state index is 0.129. The summed E-state index contributed by atoms with van der Waals surface area (Å²) in [5.41, 5.74) is 2.79. The molecule has 0 aromatic heterocycles. The van der Waals surface area contributed by atoms with E-state index in [1.165, 1.54) is 24.3 Å². The zero-order chi connectivity index (χ0) is 18.1. The summed E-state index contributed by atoms with van der Waals surface area (Å²) in [6, 6.07) is 0. The Morgan fingerprint density at radius 2 is 1.04 bits per heavy atom. The van der Waals surface area contributed by atoms with E-state index in [1.807, 2.05) is 0 Å². The first kappa shape index (κ1) is 21.3. The number of hydrogen-bond donors (Lipinski definition) is 2. The first-order valence-electron chi connectivity index (χ1n) is 9.70. The Bertz CT molecular complexity index is 381. The van der Waals surface area contributed by atoms with Crippen LogP contribution in [0.4, 0.5) is 0 Å². The standard InChI is InChI=1S/C20H40N4/c1-17-15-19(3,4)23-13-10-8-12-22-18(2)16-20(5,6)24-14-9-7-11-21-17/h23-24H,7-16H2,1-6H3. The van der Waals surface area contributed by atoms with Gasteiger partial charge in [0, 0.05) is 48.4 Å². The average Bonchev–Trinajstić information content (AvgIpc) is 2.44. The van der Waals surface area contributed by atoms with E-state index in [4.69, 9.17) is 9.98 Å². The van der Waals surface area contributed by atoms with Crippen LogP contribution in [0.5, 0.6) is 0 Å². The minimum atomic E-state index is 0.129. The van der Waals surface area contributed by atoms with Crippen LogP contribution in [0.2, 0.25) is 0 Å². The topological polar surface area (TPSA) is 48.8 Å². The molecule has 0 amide bonds. The summed E-state index contributed by atoms with van der Waals surface area (Å²) in [4.78, 5) is 9.52. The predicted molar refractivity (Wildman–Crippen MR) is 108 cm³/mol. The van der Waals surface area contributed by atoms with Gasteiger partial charge in [0.15, 0.2) is 0 Å². The molecule has 0 spiro atoms. The van der Waals surface area contributed by atoms with Crippen LogP contribution in [-0.2, 0) is 0 Å². The highest BCUT2D eigenvalue weighted by molar-refractivity contribution is 5.83. The lowest BCUT2D eigenvalue weighted by atomic mass is 9.97. The van der Waals surface area contributed by atoms with Gasteiger partial charge in [-0.2, -0.15) is 0 Å². The van der Waals surface area contributed by atoms with Gasteiger partial charge in [-0.15, -0.1) is 0 Å². The molecule has 0 unspecified atom stereocenters. The van der Waals surface area contributed by atoms with Gasteiger partial charge in [0.05, 0.1) is 0 Å². The zero-order valence-electron chi connectivity index (χ0n) is 17.0. The molecule has 0 aromatic carbocycles. The van der Waals surface area contributed by atoms with E-state index in [1.54, 1.807) is 0 Å². The molecule has 4 nitrogen and oxygen atoms in total. The maximum Gasteiger partial charge on any atom is 0.0389 e. The van der Waals surface area contributed by atoms with E-state index >= 15 is 0 Å². The maximum absolute atomic E-state index is 4.76. The van der Waals surface area contributed by atoms with Gasteiger partial charge in [-0.05, 0) is 80.3 Å². The lowest BCUT2D eigenvalue weighted by molar-refractivity contribution is 0.392. The molecule has 0 saturated carbocycles. The number of nitrogens with one attached hydrogen (secondary N) is 2. The summed E-state index contributed by atoms with van der Waals surface area (Å²) in [6.45, 7) is 17.5. The molecule has 1 heterocycles. The second kappa shape index (κ2) is 10.3. The summed E-state index contributed by atoms with van der Waals surface area (Å²) in [5.74, 6) is 0. The fraction of sp³-hybridized carbons (Fsp3) is 0.900.